The van der Waals surface area contributed by atoms with E-state index in [-0.39, 0.29) is 12.0 Å². The fraction of sp³-hybridized carbons (Fsp3) is 0.278. The zero-order valence-corrected chi connectivity index (χ0v) is 14.8. The maximum atomic E-state index is 13.3. The summed E-state index contributed by atoms with van der Waals surface area (Å²) in [5.74, 6) is -1.50. The van der Waals surface area contributed by atoms with Crippen molar-refractivity contribution in [3.8, 4) is 0 Å². The first kappa shape index (κ1) is 19.3. The smallest absolute Gasteiger partial charge is 0.404 e. The van der Waals surface area contributed by atoms with Crippen LogP contribution in [0.15, 0.2) is 48.5 Å². The second kappa shape index (κ2) is 8.92. The third kappa shape index (κ3) is 6.10. The Morgan fingerprint density at radius 2 is 1.64 bits per heavy atom. The molecule has 134 valence electrons. The molecule has 0 saturated carbocycles. The van der Waals surface area contributed by atoms with Crippen LogP contribution in [0.3, 0.4) is 0 Å². The summed E-state index contributed by atoms with van der Waals surface area (Å²) < 4.78 is 26.7. The van der Waals surface area contributed by atoms with Gasteiger partial charge in [0.05, 0.1) is 12.1 Å². The highest BCUT2D eigenvalue weighted by atomic mass is 79.9. The van der Waals surface area contributed by atoms with E-state index < -0.39 is 34.7 Å². The van der Waals surface area contributed by atoms with Crippen molar-refractivity contribution in [3.63, 3.8) is 0 Å². The lowest BCUT2D eigenvalue weighted by atomic mass is 9.96. The van der Waals surface area contributed by atoms with Gasteiger partial charge in [-0.05, 0) is 36.1 Å². The zero-order chi connectivity index (χ0) is 18.4. The van der Waals surface area contributed by atoms with Gasteiger partial charge in [0, 0.05) is 10.9 Å². The van der Waals surface area contributed by atoms with Gasteiger partial charge in [0.15, 0.2) is 0 Å². The number of aliphatic hydroxyl groups excluding tert-OH is 1. The maximum Gasteiger partial charge on any atom is 0.404 e. The van der Waals surface area contributed by atoms with Gasteiger partial charge in [-0.25, -0.2) is 13.6 Å². The van der Waals surface area contributed by atoms with Crippen LogP contribution in [0.5, 0.6) is 0 Å². The minimum absolute atomic E-state index is 0.0426. The number of benzene rings is 2. The fourth-order valence-electron chi connectivity index (χ4n) is 2.61. The minimum atomic E-state index is -1.32. The van der Waals surface area contributed by atoms with Crippen LogP contribution >= 0.6 is 15.9 Å². The van der Waals surface area contributed by atoms with Crippen LogP contribution in [0.25, 0.3) is 0 Å². The number of halogens is 3. The number of hydrogen-bond acceptors (Lipinski definition) is 2. The molecule has 0 bridgehead atoms. The van der Waals surface area contributed by atoms with Gasteiger partial charge < -0.3 is 15.5 Å². The molecule has 3 N–H and O–H groups in total. The third-order valence-corrected chi connectivity index (χ3v) is 4.61. The third-order valence-electron chi connectivity index (χ3n) is 3.74. The van der Waals surface area contributed by atoms with Gasteiger partial charge in [-0.1, -0.05) is 46.3 Å². The predicted octanol–water partition coefficient (Wildman–Crippen LogP) is 3.51. The van der Waals surface area contributed by atoms with Gasteiger partial charge >= 0.3 is 6.09 Å². The average Bonchev–Trinajstić information content (AvgIpc) is 2.53. The number of nitrogens with one attached hydrogen (secondary N) is 1. The Bertz CT molecular complexity index is 694. The van der Waals surface area contributed by atoms with Crippen LogP contribution in [0.2, 0.25) is 0 Å². The van der Waals surface area contributed by atoms with Crippen molar-refractivity contribution in [1.82, 2.24) is 5.32 Å². The van der Waals surface area contributed by atoms with Gasteiger partial charge in [0.25, 0.3) is 0 Å². The molecule has 7 heteroatoms. The van der Waals surface area contributed by atoms with Crippen molar-refractivity contribution >= 4 is 22.0 Å². The molecule has 1 amide bonds. The van der Waals surface area contributed by atoms with E-state index in [1.54, 1.807) is 0 Å². The number of carboxylic acid groups (broad SMARTS) is 1. The molecule has 3 atom stereocenters. The topological polar surface area (TPSA) is 69.6 Å². The van der Waals surface area contributed by atoms with Gasteiger partial charge in [0.2, 0.25) is 0 Å². The summed E-state index contributed by atoms with van der Waals surface area (Å²) in [5.41, 5.74) is 1.23. The van der Waals surface area contributed by atoms with Gasteiger partial charge in [-0.3, -0.25) is 0 Å². The summed E-state index contributed by atoms with van der Waals surface area (Å²) in [6.45, 7) is 0. The molecule has 2 rings (SSSR count). The van der Waals surface area contributed by atoms with E-state index in [9.17, 15) is 18.7 Å². The molecule has 4 nitrogen and oxygen atoms in total. The Balaban J connectivity index is 2.13. The summed E-state index contributed by atoms with van der Waals surface area (Å²) >= 11 is 3.38. The second-order valence-corrected chi connectivity index (χ2v) is 6.91. The van der Waals surface area contributed by atoms with Crippen molar-refractivity contribution in [3.05, 3.63) is 71.3 Å². The molecule has 0 aliphatic rings. The average molecular weight is 414 g/mol. The highest BCUT2D eigenvalue weighted by Gasteiger charge is 2.28. The SMILES string of the molecule is O=C(O)N[C@@H](Cc1cc(F)cc(F)c1)[C@H](O)C(Br)Cc1ccccc1. The largest absolute Gasteiger partial charge is 0.465 e. The van der Waals surface area contributed by atoms with Gasteiger partial charge in [-0.2, -0.15) is 0 Å². The molecule has 0 saturated heterocycles. The van der Waals surface area contributed by atoms with Crippen LogP contribution in [-0.2, 0) is 12.8 Å². The quantitative estimate of drug-likeness (QED) is 0.608. The van der Waals surface area contributed by atoms with E-state index >= 15 is 0 Å². The summed E-state index contributed by atoms with van der Waals surface area (Å²) in [7, 11) is 0. The van der Waals surface area contributed by atoms with Gasteiger partial charge in [0.1, 0.15) is 11.6 Å². The number of alkyl halides is 1. The highest BCUT2D eigenvalue weighted by molar-refractivity contribution is 9.09. The van der Waals surface area contributed by atoms with Crippen molar-refractivity contribution in [2.24, 2.45) is 0 Å². The maximum absolute atomic E-state index is 13.3. The normalized spacial score (nSPS) is 14.6. The number of aliphatic hydroxyl groups is 1. The first-order valence-corrected chi connectivity index (χ1v) is 8.57. The molecule has 0 aromatic heterocycles. The Morgan fingerprint density at radius 3 is 2.20 bits per heavy atom. The molecule has 0 spiro atoms. The number of hydrogen-bond donors (Lipinski definition) is 3. The highest BCUT2D eigenvalue weighted by Crippen LogP contribution is 2.19. The molecule has 1 unspecified atom stereocenters. The number of carbonyl (C=O) groups is 1. The van der Waals surface area contributed by atoms with Crippen molar-refractivity contribution in [1.29, 1.82) is 0 Å². The van der Waals surface area contributed by atoms with Crippen molar-refractivity contribution < 1.29 is 23.8 Å². The summed E-state index contributed by atoms with van der Waals surface area (Å²) in [5, 5.41) is 21.8. The predicted molar refractivity (Wildman–Crippen MR) is 93.9 cm³/mol. The first-order chi connectivity index (χ1) is 11.8. The Hall–Kier alpha value is -1.99. The van der Waals surface area contributed by atoms with Crippen LogP contribution in [0, 0.1) is 11.6 Å². The number of amides is 1. The molecule has 2 aromatic rings. The molecule has 0 radical (unpaired) electrons. The Morgan fingerprint density at radius 1 is 1.04 bits per heavy atom. The molecule has 0 aliphatic heterocycles. The summed E-state index contributed by atoms with van der Waals surface area (Å²) in [4.78, 5) is 10.6. The van der Waals surface area contributed by atoms with E-state index in [0.29, 0.717) is 6.42 Å². The molecule has 2 aromatic carbocycles. The summed E-state index contributed by atoms with van der Waals surface area (Å²) in [6.07, 6.45) is -1.99. The van der Waals surface area contributed by atoms with Crippen LogP contribution in [0.4, 0.5) is 13.6 Å². The molecule has 0 heterocycles. The van der Waals surface area contributed by atoms with Crippen LogP contribution in [-0.4, -0.2) is 33.3 Å². The van der Waals surface area contributed by atoms with Gasteiger partial charge in [-0.15, -0.1) is 0 Å². The van der Waals surface area contributed by atoms with Crippen molar-refractivity contribution in [2.75, 3.05) is 0 Å². The second-order valence-electron chi connectivity index (χ2n) is 5.73. The molecular formula is C18H18BrF2NO3. The van der Waals surface area contributed by atoms with Crippen LogP contribution in [0.1, 0.15) is 11.1 Å². The minimum Gasteiger partial charge on any atom is -0.465 e. The van der Waals surface area contributed by atoms with E-state index in [1.165, 1.54) is 0 Å². The Labute approximate surface area is 152 Å². The molecular weight excluding hydrogens is 396 g/mol. The van der Waals surface area contributed by atoms with E-state index in [2.05, 4.69) is 21.2 Å². The molecule has 25 heavy (non-hydrogen) atoms. The standard InChI is InChI=1S/C18H18BrF2NO3/c19-15(8-11-4-2-1-3-5-11)17(23)16(22-18(24)25)9-12-6-13(20)10-14(21)7-12/h1-7,10,15-17,22-23H,8-9H2,(H,24,25)/t15?,16-,17+/m0/s1. The lowest BCUT2D eigenvalue weighted by Gasteiger charge is -2.27. The van der Waals surface area contributed by atoms with Crippen LogP contribution < -0.4 is 5.32 Å². The van der Waals surface area contributed by atoms with E-state index in [1.807, 2.05) is 30.3 Å². The molecule has 0 fully saturated rings. The Kier molecular flexibility index (Phi) is 6.90. The molecule has 0 aliphatic carbocycles. The lowest BCUT2D eigenvalue weighted by Crippen LogP contribution is -2.48. The van der Waals surface area contributed by atoms with E-state index in [4.69, 9.17) is 5.11 Å². The lowest BCUT2D eigenvalue weighted by molar-refractivity contribution is 0.118. The van der Waals surface area contributed by atoms with E-state index in [0.717, 1.165) is 23.8 Å². The zero-order valence-electron chi connectivity index (χ0n) is 13.2. The monoisotopic (exact) mass is 413 g/mol. The summed E-state index contributed by atoms with van der Waals surface area (Å²) in [6, 6.07) is 11.4. The van der Waals surface area contributed by atoms with Crippen molar-refractivity contribution in [2.45, 2.75) is 29.8 Å². The fourth-order valence-corrected chi connectivity index (χ4v) is 3.35. The number of rotatable bonds is 7. The first-order valence-electron chi connectivity index (χ1n) is 7.65.